The number of nitrogens with zero attached hydrogens (tertiary/aromatic N) is 4. The minimum Gasteiger partial charge on any atom is -0.497 e. The molecule has 4 saturated carbocycles. The minimum atomic E-state index is -0.140. The van der Waals surface area contributed by atoms with Gasteiger partial charge < -0.3 is 4.74 Å². The summed E-state index contributed by atoms with van der Waals surface area (Å²) in [5.41, 5.74) is 0.780. The highest BCUT2D eigenvalue weighted by molar-refractivity contribution is 8.00. The van der Waals surface area contributed by atoms with Crippen LogP contribution < -0.4 is 4.74 Å². The number of thioether (sulfide) groups is 1. The molecular weight excluding hydrogens is 372 g/mol. The lowest BCUT2D eigenvalue weighted by Gasteiger charge is -2.56. The lowest BCUT2D eigenvalue weighted by atomic mass is 9.48. The molecule has 4 fully saturated rings. The summed E-state index contributed by atoms with van der Waals surface area (Å²) < 4.78 is 6.92. The molecule has 0 amide bonds. The Bertz CT molecular complexity index is 844. The normalized spacial score (nSPS) is 31.7. The van der Waals surface area contributed by atoms with Crippen molar-refractivity contribution in [2.75, 3.05) is 7.11 Å². The average molecular weight is 399 g/mol. The van der Waals surface area contributed by atoms with E-state index in [0.29, 0.717) is 10.9 Å². The molecule has 1 aromatic heterocycles. The van der Waals surface area contributed by atoms with Gasteiger partial charge in [-0.3, -0.25) is 4.79 Å². The van der Waals surface area contributed by atoms with E-state index < -0.39 is 0 Å². The molecule has 1 aromatic carbocycles. The molecule has 0 aliphatic heterocycles. The van der Waals surface area contributed by atoms with Crippen LogP contribution in [0.1, 0.15) is 45.4 Å². The first-order valence-electron chi connectivity index (χ1n) is 10.2. The summed E-state index contributed by atoms with van der Waals surface area (Å²) in [7, 11) is 1.64. The third kappa shape index (κ3) is 3.04. The van der Waals surface area contributed by atoms with E-state index in [1.165, 1.54) is 31.0 Å². The molecule has 0 radical (unpaired) electrons. The predicted octanol–water partition coefficient (Wildman–Crippen LogP) is 3.94. The van der Waals surface area contributed by atoms with Crippen LogP contribution in [0.2, 0.25) is 0 Å². The Kier molecular flexibility index (Phi) is 4.45. The number of methoxy groups -OCH3 is 1. The maximum atomic E-state index is 13.5. The van der Waals surface area contributed by atoms with Crippen LogP contribution in [0.25, 0.3) is 5.69 Å². The summed E-state index contributed by atoms with van der Waals surface area (Å²) in [5.74, 6) is 3.53. The van der Waals surface area contributed by atoms with Crippen molar-refractivity contribution < 1.29 is 9.53 Å². The van der Waals surface area contributed by atoms with Crippen molar-refractivity contribution in [1.29, 1.82) is 0 Å². The van der Waals surface area contributed by atoms with Crippen LogP contribution in [0, 0.1) is 23.2 Å². The molecule has 6 rings (SSSR count). The zero-order valence-electron chi connectivity index (χ0n) is 16.4. The second-order valence-electron chi connectivity index (χ2n) is 8.89. The van der Waals surface area contributed by atoms with Crippen molar-refractivity contribution >= 4 is 17.5 Å². The van der Waals surface area contributed by atoms with Gasteiger partial charge in [0.1, 0.15) is 5.75 Å². The Balaban J connectivity index is 1.34. The van der Waals surface area contributed by atoms with E-state index in [0.717, 1.165) is 48.5 Å². The monoisotopic (exact) mass is 398 g/mol. The van der Waals surface area contributed by atoms with E-state index in [1.807, 2.05) is 31.2 Å². The first kappa shape index (κ1) is 18.2. The number of aromatic nitrogens is 4. The molecule has 4 aliphatic rings. The Morgan fingerprint density at radius 1 is 1.14 bits per heavy atom. The van der Waals surface area contributed by atoms with Gasteiger partial charge in [0.05, 0.1) is 18.0 Å². The lowest BCUT2D eigenvalue weighted by Crippen LogP contribution is -2.51. The fourth-order valence-corrected chi connectivity index (χ4v) is 7.19. The van der Waals surface area contributed by atoms with Crippen LogP contribution in [-0.2, 0) is 4.79 Å². The highest BCUT2D eigenvalue weighted by Crippen LogP contribution is 2.61. The van der Waals surface area contributed by atoms with Crippen molar-refractivity contribution in [3.63, 3.8) is 0 Å². The minimum absolute atomic E-state index is 0.0838. The van der Waals surface area contributed by atoms with E-state index in [1.54, 1.807) is 11.8 Å². The number of Topliss-reactive ketones (excluding diaryl/α,β-unsaturated/α-hetero) is 1. The molecule has 1 unspecified atom stereocenters. The van der Waals surface area contributed by atoms with Gasteiger partial charge in [0.25, 0.3) is 0 Å². The fraction of sp³-hybridized carbons (Fsp3) is 0.619. The zero-order chi connectivity index (χ0) is 19.3. The highest BCUT2D eigenvalue weighted by Gasteiger charge is 2.55. The van der Waals surface area contributed by atoms with E-state index in [-0.39, 0.29) is 10.7 Å². The molecule has 6 nitrogen and oxygen atoms in total. The lowest BCUT2D eigenvalue weighted by molar-refractivity contribution is -0.142. The van der Waals surface area contributed by atoms with E-state index >= 15 is 0 Å². The quantitative estimate of drug-likeness (QED) is 0.687. The third-order valence-electron chi connectivity index (χ3n) is 6.97. The zero-order valence-corrected chi connectivity index (χ0v) is 17.2. The number of hydrogen-bond donors (Lipinski definition) is 0. The SMILES string of the molecule is COc1ccc(-n2nnnc2SC(C)C(=O)C23CC4CC(CC(C4)C2)C3)cc1. The van der Waals surface area contributed by atoms with Gasteiger partial charge in [0.2, 0.25) is 5.16 Å². The second-order valence-corrected chi connectivity index (χ2v) is 10.2. The largest absolute Gasteiger partial charge is 0.497 e. The smallest absolute Gasteiger partial charge is 0.214 e. The van der Waals surface area contributed by atoms with E-state index in [2.05, 4.69) is 15.5 Å². The van der Waals surface area contributed by atoms with Crippen molar-refractivity contribution in [3.05, 3.63) is 24.3 Å². The van der Waals surface area contributed by atoms with Gasteiger partial charge in [-0.25, -0.2) is 0 Å². The molecule has 1 atom stereocenters. The average Bonchev–Trinajstić information content (AvgIpc) is 3.14. The van der Waals surface area contributed by atoms with E-state index in [4.69, 9.17) is 4.74 Å². The van der Waals surface area contributed by atoms with Crippen molar-refractivity contribution in [3.8, 4) is 11.4 Å². The van der Waals surface area contributed by atoms with Gasteiger partial charge in [0.15, 0.2) is 5.78 Å². The number of rotatable bonds is 6. The Morgan fingerprint density at radius 2 is 1.75 bits per heavy atom. The Labute approximate surface area is 169 Å². The topological polar surface area (TPSA) is 69.9 Å². The molecular formula is C21H26N4O2S. The van der Waals surface area contributed by atoms with Crippen LogP contribution in [0.5, 0.6) is 5.75 Å². The van der Waals surface area contributed by atoms with Crippen LogP contribution >= 0.6 is 11.8 Å². The summed E-state index contributed by atoms with van der Waals surface area (Å²) in [4.78, 5) is 13.5. The Morgan fingerprint density at radius 3 is 2.32 bits per heavy atom. The maximum Gasteiger partial charge on any atom is 0.214 e. The van der Waals surface area contributed by atoms with Gasteiger partial charge in [0, 0.05) is 5.41 Å². The number of benzene rings is 1. The maximum absolute atomic E-state index is 13.5. The van der Waals surface area contributed by atoms with Crippen LogP contribution in [0.4, 0.5) is 0 Å². The van der Waals surface area contributed by atoms with Crippen LogP contribution in [0.15, 0.2) is 29.4 Å². The number of carbonyl (C=O) groups is 1. The molecule has 1 heterocycles. The molecule has 28 heavy (non-hydrogen) atoms. The number of tetrazole rings is 1. The number of carbonyl (C=O) groups excluding carboxylic acids is 1. The molecule has 4 bridgehead atoms. The molecule has 7 heteroatoms. The summed E-state index contributed by atoms with van der Waals surface area (Å²) >= 11 is 1.48. The summed E-state index contributed by atoms with van der Waals surface area (Å²) in [5, 5.41) is 12.7. The first-order valence-corrected chi connectivity index (χ1v) is 11.1. The third-order valence-corrected chi connectivity index (χ3v) is 8.00. The first-order chi connectivity index (χ1) is 13.6. The number of hydrogen-bond acceptors (Lipinski definition) is 6. The van der Waals surface area contributed by atoms with Gasteiger partial charge >= 0.3 is 0 Å². The summed E-state index contributed by atoms with van der Waals surface area (Å²) in [6, 6.07) is 7.61. The molecule has 0 saturated heterocycles. The van der Waals surface area contributed by atoms with Gasteiger partial charge in [-0.1, -0.05) is 11.8 Å². The van der Waals surface area contributed by atoms with Gasteiger partial charge in [-0.05, 0) is 97.9 Å². The van der Waals surface area contributed by atoms with Crippen molar-refractivity contribution in [2.24, 2.45) is 23.2 Å². The number of ether oxygens (including phenoxy) is 1. The Hall–Kier alpha value is -1.89. The van der Waals surface area contributed by atoms with E-state index in [9.17, 15) is 4.79 Å². The molecule has 0 N–H and O–H groups in total. The number of ketones is 1. The molecule has 2 aromatic rings. The highest BCUT2D eigenvalue weighted by atomic mass is 32.2. The van der Waals surface area contributed by atoms with Crippen LogP contribution in [-0.4, -0.2) is 38.4 Å². The van der Waals surface area contributed by atoms with Gasteiger partial charge in [-0.15, -0.1) is 5.10 Å². The van der Waals surface area contributed by atoms with Crippen molar-refractivity contribution in [2.45, 2.75) is 55.9 Å². The molecule has 4 aliphatic carbocycles. The van der Waals surface area contributed by atoms with Gasteiger partial charge in [-0.2, -0.15) is 4.68 Å². The summed E-state index contributed by atoms with van der Waals surface area (Å²) in [6.45, 7) is 2.03. The van der Waals surface area contributed by atoms with Crippen LogP contribution in [0.3, 0.4) is 0 Å². The molecule has 0 spiro atoms. The van der Waals surface area contributed by atoms with Crippen molar-refractivity contribution in [1.82, 2.24) is 20.2 Å². The summed E-state index contributed by atoms with van der Waals surface area (Å²) in [6.07, 6.45) is 7.36. The standard InChI is InChI=1S/C21H26N4O2S/c1-13(19(26)21-10-14-7-15(11-21)9-16(8-14)12-21)28-20-22-23-24-25(20)17-3-5-18(27-2)6-4-17/h3-6,13-16H,7-12H2,1-2H3. The second kappa shape index (κ2) is 6.87. The predicted molar refractivity (Wildman–Crippen MR) is 107 cm³/mol. The fourth-order valence-electron chi connectivity index (χ4n) is 6.19. The molecule has 148 valence electrons.